The number of halogens is 2. The van der Waals surface area contributed by atoms with Crippen LogP contribution in [0, 0.1) is 0 Å². The van der Waals surface area contributed by atoms with E-state index in [2.05, 4.69) is 25.6 Å². The molecule has 1 aromatic carbocycles. The van der Waals surface area contributed by atoms with Crippen LogP contribution in [0.2, 0.25) is 5.02 Å². The van der Waals surface area contributed by atoms with Gasteiger partial charge in [0.1, 0.15) is 4.90 Å². The van der Waals surface area contributed by atoms with Gasteiger partial charge in [-0.25, -0.2) is 8.42 Å². The molecule has 0 radical (unpaired) electrons. The van der Waals surface area contributed by atoms with Crippen LogP contribution in [-0.2, 0) is 10.0 Å². The van der Waals surface area contributed by atoms with Crippen LogP contribution in [0.1, 0.15) is 0 Å². The summed E-state index contributed by atoms with van der Waals surface area (Å²) in [6, 6.07) is 8.20. The van der Waals surface area contributed by atoms with Gasteiger partial charge in [-0.2, -0.15) is 0 Å². The molecule has 1 heterocycles. The number of nitrogens with zero attached hydrogens (tertiary/aromatic N) is 1. The van der Waals surface area contributed by atoms with Crippen molar-refractivity contribution in [1.82, 2.24) is 4.98 Å². The molecule has 4 nitrogen and oxygen atoms in total. The molecule has 18 heavy (non-hydrogen) atoms. The third kappa shape index (κ3) is 3.01. The number of aromatic nitrogens is 1. The first-order valence-corrected chi connectivity index (χ1v) is 7.52. The lowest BCUT2D eigenvalue weighted by Crippen LogP contribution is -2.13. The first-order chi connectivity index (χ1) is 8.49. The lowest BCUT2D eigenvalue weighted by Gasteiger charge is -2.08. The molecule has 0 unspecified atom stereocenters. The molecule has 0 saturated heterocycles. The summed E-state index contributed by atoms with van der Waals surface area (Å²) >= 11 is 9.11. The van der Waals surface area contributed by atoms with E-state index >= 15 is 0 Å². The Morgan fingerprint density at radius 2 is 1.83 bits per heavy atom. The van der Waals surface area contributed by atoms with E-state index in [9.17, 15) is 8.42 Å². The van der Waals surface area contributed by atoms with Crippen LogP contribution in [0.3, 0.4) is 0 Å². The van der Waals surface area contributed by atoms with Gasteiger partial charge in [-0.05, 0) is 30.3 Å². The number of anilines is 1. The molecule has 1 N–H and O–H groups in total. The Bertz CT molecular complexity index is 659. The quantitative estimate of drug-likeness (QED) is 0.927. The molecule has 0 fully saturated rings. The highest BCUT2D eigenvalue weighted by molar-refractivity contribution is 9.10. The molecule has 0 amide bonds. The zero-order chi connectivity index (χ0) is 13.2. The Morgan fingerprint density at radius 3 is 2.44 bits per heavy atom. The second-order valence-electron chi connectivity index (χ2n) is 3.42. The van der Waals surface area contributed by atoms with E-state index in [1.165, 1.54) is 18.5 Å². The Balaban J connectivity index is 2.33. The lowest BCUT2D eigenvalue weighted by atomic mass is 10.3. The van der Waals surface area contributed by atoms with E-state index in [4.69, 9.17) is 11.6 Å². The Hall–Kier alpha value is -1.11. The van der Waals surface area contributed by atoms with Gasteiger partial charge in [0.25, 0.3) is 10.0 Å². The van der Waals surface area contributed by atoms with Gasteiger partial charge in [0.2, 0.25) is 0 Å². The first kappa shape index (κ1) is 13.3. The Labute approximate surface area is 118 Å². The van der Waals surface area contributed by atoms with Gasteiger partial charge in [0.15, 0.2) is 0 Å². The van der Waals surface area contributed by atoms with Gasteiger partial charge in [0.05, 0.1) is 5.02 Å². The Kier molecular flexibility index (Phi) is 3.89. The van der Waals surface area contributed by atoms with Crippen molar-refractivity contribution in [2.45, 2.75) is 4.90 Å². The van der Waals surface area contributed by atoms with Gasteiger partial charge in [-0.15, -0.1) is 0 Å². The molecule has 0 spiro atoms. The molecular formula is C11H8BrClN2O2S. The third-order valence-corrected chi connectivity index (χ3v) is 4.50. The highest BCUT2D eigenvalue weighted by Gasteiger charge is 2.17. The maximum atomic E-state index is 12.1. The average molecular weight is 348 g/mol. The smallest absolute Gasteiger partial charge is 0.264 e. The average Bonchev–Trinajstić information content (AvgIpc) is 2.32. The molecule has 7 heteroatoms. The van der Waals surface area contributed by atoms with E-state index in [1.54, 1.807) is 24.3 Å². The van der Waals surface area contributed by atoms with Crippen molar-refractivity contribution in [1.29, 1.82) is 0 Å². The third-order valence-electron chi connectivity index (χ3n) is 2.12. The standard InChI is InChI=1S/C11H8BrClN2O2S/c12-8-1-3-9(4-2-8)15-18(16,17)11-7-14-6-5-10(11)13/h1-7,15H. The van der Waals surface area contributed by atoms with Gasteiger partial charge in [0, 0.05) is 22.6 Å². The predicted molar refractivity (Wildman–Crippen MR) is 74.2 cm³/mol. The van der Waals surface area contributed by atoms with Crippen molar-refractivity contribution >= 4 is 43.2 Å². The Morgan fingerprint density at radius 1 is 1.17 bits per heavy atom. The normalized spacial score (nSPS) is 11.2. The largest absolute Gasteiger partial charge is 0.280 e. The molecule has 1 aromatic heterocycles. The summed E-state index contributed by atoms with van der Waals surface area (Å²) in [4.78, 5) is 3.71. The van der Waals surface area contributed by atoms with Gasteiger partial charge >= 0.3 is 0 Å². The number of hydrogen-bond donors (Lipinski definition) is 1. The van der Waals surface area contributed by atoms with E-state index in [-0.39, 0.29) is 9.92 Å². The molecule has 0 atom stereocenters. The summed E-state index contributed by atoms with van der Waals surface area (Å²) in [5, 5.41) is 0.134. The maximum Gasteiger partial charge on any atom is 0.264 e. The zero-order valence-electron chi connectivity index (χ0n) is 8.97. The van der Waals surface area contributed by atoms with Crippen molar-refractivity contribution in [3.8, 4) is 0 Å². The summed E-state index contributed by atoms with van der Waals surface area (Å²) in [6.07, 6.45) is 2.64. The topological polar surface area (TPSA) is 59.1 Å². The molecule has 2 aromatic rings. The molecular weight excluding hydrogens is 340 g/mol. The molecule has 0 aliphatic rings. The molecule has 2 rings (SSSR count). The second kappa shape index (κ2) is 5.26. The number of sulfonamides is 1. The number of rotatable bonds is 3. The van der Waals surface area contributed by atoms with Crippen LogP contribution >= 0.6 is 27.5 Å². The zero-order valence-corrected chi connectivity index (χ0v) is 12.1. The number of benzene rings is 1. The van der Waals surface area contributed by atoms with Gasteiger partial charge in [-0.3, -0.25) is 9.71 Å². The van der Waals surface area contributed by atoms with Crippen LogP contribution in [0.25, 0.3) is 0 Å². The van der Waals surface area contributed by atoms with Crippen LogP contribution in [-0.4, -0.2) is 13.4 Å². The van der Waals surface area contributed by atoms with Crippen molar-refractivity contribution in [3.63, 3.8) is 0 Å². The minimum atomic E-state index is -3.72. The van der Waals surface area contributed by atoms with Crippen LogP contribution in [0.15, 0.2) is 52.1 Å². The number of pyridine rings is 1. The molecule has 0 aliphatic carbocycles. The lowest BCUT2D eigenvalue weighted by molar-refractivity contribution is 0.601. The molecule has 0 saturated carbocycles. The van der Waals surface area contributed by atoms with Crippen molar-refractivity contribution in [3.05, 3.63) is 52.2 Å². The predicted octanol–water partition coefficient (Wildman–Crippen LogP) is 3.30. The van der Waals surface area contributed by atoms with E-state index in [1.807, 2.05) is 0 Å². The minimum absolute atomic E-state index is 0.0467. The fourth-order valence-corrected chi connectivity index (χ4v) is 3.04. The molecule has 0 bridgehead atoms. The van der Waals surface area contributed by atoms with Crippen LogP contribution in [0.5, 0.6) is 0 Å². The van der Waals surface area contributed by atoms with E-state index in [0.717, 1.165) is 4.47 Å². The number of nitrogens with one attached hydrogen (secondary N) is 1. The SMILES string of the molecule is O=S(=O)(Nc1ccc(Br)cc1)c1cnccc1Cl. The van der Waals surface area contributed by atoms with Gasteiger partial charge < -0.3 is 0 Å². The fraction of sp³-hybridized carbons (Fsp3) is 0. The molecule has 0 aliphatic heterocycles. The highest BCUT2D eigenvalue weighted by Crippen LogP contribution is 2.23. The van der Waals surface area contributed by atoms with Crippen LogP contribution < -0.4 is 4.72 Å². The van der Waals surface area contributed by atoms with Gasteiger partial charge in [-0.1, -0.05) is 27.5 Å². The van der Waals surface area contributed by atoms with E-state index in [0.29, 0.717) is 5.69 Å². The second-order valence-corrected chi connectivity index (χ2v) is 6.39. The van der Waals surface area contributed by atoms with Crippen molar-refractivity contribution < 1.29 is 8.42 Å². The van der Waals surface area contributed by atoms with Crippen molar-refractivity contribution in [2.75, 3.05) is 4.72 Å². The first-order valence-electron chi connectivity index (χ1n) is 4.87. The van der Waals surface area contributed by atoms with E-state index < -0.39 is 10.0 Å². The summed E-state index contributed by atoms with van der Waals surface area (Å²) < 4.78 is 27.4. The maximum absolute atomic E-state index is 12.1. The summed E-state index contributed by atoms with van der Waals surface area (Å²) in [6.45, 7) is 0. The number of hydrogen-bond acceptors (Lipinski definition) is 3. The fourth-order valence-electron chi connectivity index (χ4n) is 1.29. The summed E-state index contributed by atoms with van der Waals surface area (Å²) in [5.41, 5.74) is 0.457. The van der Waals surface area contributed by atoms with Crippen LogP contribution in [0.4, 0.5) is 5.69 Å². The molecule has 94 valence electrons. The monoisotopic (exact) mass is 346 g/mol. The van der Waals surface area contributed by atoms with Crippen molar-refractivity contribution in [2.24, 2.45) is 0 Å². The highest BCUT2D eigenvalue weighted by atomic mass is 79.9. The minimum Gasteiger partial charge on any atom is -0.280 e. The summed E-state index contributed by atoms with van der Waals surface area (Å²) in [5.74, 6) is 0. The summed E-state index contributed by atoms with van der Waals surface area (Å²) in [7, 11) is -3.72.